The molecule has 0 aliphatic rings. The lowest BCUT2D eigenvalue weighted by Gasteiger charge is -2.19. The van der Waals surface area contributed by atoms with E-state index in [-0.39, 0.29) is 11.7 Å². The lowest BCUT2D eigenvalue weighted by molar-refractivity contribution is -0.113. The minimum absolute atomic E-state index is 0.0503. The Hall–Kier alpha value is -1.09. The van der Waals surface area contributed by atoms with E-state index in [0.29, 0.717) is 11.3 Å². The number of hydrogen-bond acceptors (Lipinski definition) is 2. The summed E-state index contributed by atoms with van der Waals surface area (Å²) in [6.07, 6.45) is 0. The van der Waals surface area contributed by atoms with E-state index in [1.54, 1.807) is 19.1 Å². The molecule has 1 atom stereocenters. The zero-order valence-electron chi connectivity index (χ0n) is 9.55. The van der Waals surface area contributed by atoms with Crippen LogP contribution in [0.15, 0.2) is 18.2 Å². The van der Waals surface area contributed by atoms with Gasteiger partial charge in [0.15, 0.2) is 0 Å². The van der Waals surface area contributed by atoms with E-state index < -0.39 is 11.3 Å². The molecule has 0 fully saturated rings. The first-order valence-corrected chi connectivity index (χ1v) is 5.51. The van der Waals surface area contributed by atoms with Crippen molar-refractivity contribution in [2.24, 2.45) is 5.92 Å². The lowest BCUT2D eigenvalue weighted by Crippen LogP contribution is -2.31. The number of halogens is 2. The van der Waals surface area contributed by atoms with Crippen LogP contribution in [-0.2, 0) is 4.79 Å². The molecular formula is C12H15ClFNO. The summed E-state index contributed by atoms with van der Waals surface area (Å²) in [5, 5.41) is 2.46. The topological polar surface area (TPSA) is 29.1 Å². The minimum atomic E-state index is -0.497. The van der Waals surface area contributed by atoms with Gasteiger partial charge in [-0.15, -0.1) is 0 Å². The van der Waals surface area contributed by atoms with Gasteiger partial charge in [0.25, 0.3) is 0 Å². The molecule has 1 N–H and O–H groups in total. The van der Waals surface area contributed by atoms with Crippen LogP contribution >= 0.6 is 11.6 Å². The van der Waals surface area contributed by atoms with Crippen molar-refractivity contribution in [2.45, 2.75) is 26.8 Å². The van der Waals surface area contributed by atoms with Crippen LogP contribution in [0.4, 0.5) is 10.1 Å². The second-order valence-electron chi connectivity index (χ2n) is 4.13. The summed E-state index contributed by atoms with van der Waals surface area (Å²) in [6.45, 7) is 5.44. The van der Waals surface area contributed by atoms with Crippen LogP contribution in [0.5, 0.6) is 0 Å². The van der Waals surface area contributed by atoms with E-state index in [0.717, 1.165) is 0 Å². The largest absolute Gasteiger partial charge is 0.374 e. The average Bonchev–Trinajstić information content (AvgIpc) is 2.18. The molecule has 2 nitrogen and oxygen atoms in total. The summed E-state index contributed by atoms with van der Waals surface area (Å²) in [4.78, 5) is 11.2. The van der Waals surface area contributed by atoms with Crippen LogP contribution in [0, 0.1) is 18.7 Å². The molecule has 0 saturated carbocycles. The van der Waals surface area contributed by atoms with Gasteiger partial charge in [-0.1, -0.05) is 19.9 Å². The van der Waals surface area contributed by atoms with Crippen molar-refractivity contribution in [3.63, 3.8) is 0 Å². The zero-order chi connectivity index (χ0) is 12.3. The van der Waals surface area contributed by atoms with Gasteiger partial charge in [0.05, 0.1) is 0 Å². The highest BCUT2D eigenvalue weighted by molar-refractivity contribution is 6.65. The minimum Gasteiger partial charge on any atom is -0.374 e. The summed E-state index contributed by atoms with van der Waals surface area (Å²) in [5.41, 5.74) is 1.14. The third-order valence-corrected chi connectivity index (χ3v) is 2.64. The van der Waals surface area contributed by atoms with Crippen LogP contribution in [0.1, 0.15) is 19.4 Å². The second-order valence-corrected chi connectivity index (χ2v) is 4.51. The fraction of sp³-hybridized carbons (Fsp3) is 0.417. The van der Waals surface area contributed by atoms with Crippen molar-refractivity contribution in [3.8, 4) is 0 Å². The number of aryl methyl sites for hydroxylation is 1. The molecule has 1 unspecified atom stereocenters. The average molecular weight is 244 g/mol. The van der Waals surface area contributed by atoms with Gasteiger partial charge in [-0.25, -0.2) is 4.39 Å². The third-order valence-electron chi connectivity index (χ3n) is 2.41. The number of carbonyl (C=O) groups excluding carboxylic acids is 1. The molecule has 0 aliphatic heterocycles. The van der Waals surface area contributed by atoms with Gasteiger partial charge in [-0.2, -0.15) is 0 Å². The fourth-order valence-electron chi connectivity index (χ4n) is 1.35. The summed E-state index contributed by atoms with van der Waals surface area (Å²) in [6, 6.07) is 4.26. The quantitative estimate of drug-likeness (QED) is 0.822. The van der Waals surface area contributed by atoms with Crippen LogP contribution in [0.3, 0.4) is 0 Å². The molecular weight excluding hydrogens is 229 g/mol. The molecule has 4 heteroatoms. The summed E-state index contributed by atoms with van der Waals surface area (Å²) in [7, 11) is 0. The van der Waals surface area contributed by atoms with E-state index in [2.05, 4.69) is 5.32 Å². The van der Waals surface area contributed by atoms with Crippen molar-refractivity contribution in [1.82, 2.24) is 0 Å². The molecule has 0 bridgehead atoms. The molecule has 1 rings (SSSR count). The van der Waals surface area contributed by atoms with Gasteiger partial charge in [-0.3, -0.25) is 4.79 Å². The first-order valence-electron chi connectivity index (χ1n) is 5.14. The first kappa shape index (κ1) is 13.0. The molecule has 0 aromatic heterocycles. The molecule has 0 aliphatic carbocycles. The standard InChI is InChI=1S/C12H15ClFNO/c1-7(2)11(12(13)16)15-9-5-4-8(3)10(14)6-9/h4-7,11,15H,1-3H3. The van der Waals surface area contributed by atoms with E-state index >= 15 is 0 Å². The molecule has 0 heterocycles. The number of rotatable bonds is 4. The van der Waals surface area contributed by atoms with Crippen molar-refractivity contribution >= 4 is 22.5 Å². The molecule has 0 amide bonds. The summed E-state index contributed by atoms with van der Waals surface area (Å²) < 4.78 is 13.3. The van der Waals surface area contributed by atoms with Crippen LogP contribution in [0.2, 0.25) is 0 Å². The third kappa shape index (κ3) is 3.20. The summed E-state index contributed by atoms with van der Waals surface area (Å²) in [5.74, 6) is -0.246. The maximum Gasteiger partial charge on any atom is 0.244 e. The predicted molar refractivity (Wildman–Crippen MR) is 64.2 cm³/mol. The van der Waals surface area contributed by atoms with E-state index in [1.807, 2.05) is 13.8 Å². The highest BCUT2D eigenvalue weighted by Crippen LogP contribution is 2.17. The van der Waals surface area contributed by atoms with Crippen molar-refractivity contribution in [2.75, 3.05) is 5.32 Å². The van der Waals surface area contributed by atoms with Crippen LogP contribution < -0.4 is 5.32 Å². The van der Waals surface area contributed by atoms with E-state index in [9.17, 15) is 9.18 Å². The van der Waals surface area contributed by atoms with Gasteiger partial charge < -0.3 is 5.32 Å². The van der Waals surface area contributed by atoms with Gasteiger partial charge >= 0.3 is 0 Å². The number of hydrogen-bond donors (Lipinski definition) is 1. The highest BCUT2D eigenvalue weighted by atomic mass is 35.5. The highest BCUT2D eigenvalue weighted by Gasteiger charge is 2.20. The Bertz CT molecular complexity index is 393. The summed E-state index contributed by atoms with van der Waals surface area (Å²) >= 11 is 5.46. The maximum absolute atomic E-state index is 13.3. The molecule has 1 aromatic rings. The smallest absolute Gasteiger partial charge is 0.244 e. The van der Waals surface area contributed by atoms with Crippen molar-refractivity contribution < 1.29 is 9.18 Å². The molecule has 0 saturated heterocycles. The molecule has 0 radical (unpaired) electrons. The number of nitrogens with one attached hydrogen (secondary N) is 1. The molecule has 16 heavy (non-hydrogen) atoms. The maximum atomic E-state index is 13.3. The first-order chi connectivity index (χ1) is 7.41. The van der Waals surface area contributed by atoms with E-state index in [4.69, 9.17) is 11.6 Å². The molecule has 88 valence electrons. The Kier molecular flexibility index (Phi) is 4.30. The van der Waals surface area contributed by atoms with Gasteiger partial charge in [0, 0.05) is 5.69 Å². The SMILES string of the molecule is Cc1ccc(NC(C(=O)Cl)C(C)C)cc1F. The molecule has 1 aromatic carbocycles. The van der Waals surface area contributed by atoms with Crippen LogP contribution in [0.25, 0.3) is 0 Å². The van der Waals surface area contributed by atoms with Crippen molar-refractivity contribution in [1.29, 1.82) is 0 Å². The molecule has 0 spiro atoms. The van der Waals surface area contributed by atoms with Gasteiger partial charge in [0.2, 0.25) is 5.24 Å². The predicted octanol–water partition coefficient (Wildman–Crippen LogP) is 3.34. The Morgan fingerprint density at radius 2 is 2.06 bits per heavy atom. The van der Waals surface area contributed by atoms with Crippen LogP contribution in [-0.4, -0.2) is 11.3 Å². The second kappa shape index (κ2) is 5.30. The Balaban J connectivity index is 2.86. The monoisotopic (exact) mass is 243 g/mol. The zero-order valence-corrected chi connectivity index (χ0v) is 10.3. The number of benzene rings is 1. The Labute approximate surface area is 99.8 Å². The lowest BCUT2D eigenvalue weighted by atomic mass is 10.1. The number of carbonyl (C=O) groups is 1. The number of anilines is 1. The van der Waals surface area contributed by atoms with Crippen molar-refractivity contribution in [3.05, 3.63) is 29.6 Å². The van der Waals surface area contributed by atoms with Gasteiger partial charge in [0.1, 0.15) is 11.9 Å². The Morgan fingerprint density at radius 1 is 1.44 bits per heavy atom. The normalized spacial score (nSPS) is 12.6. The van der Waals surface area contributed by atoms with E-state index in [1.165, 1.54) is 6.07 Å². The van der Waals surface area contributed by atoms with Gasteiger partial charge in [-0.05, 0) is 42.1 Å². The fourth-order valence-corrected chi connectivity index (χ4v) is 1.65. The Morgan fingerprint density at radius 3 is 2.50 bits per heavy atom.